The first-order valence-corrected chi connectivity index (χ1v) is 11.5. The van der Waals surface area contributed by atoms with E-state index in [1.165, 1.54) is 17.4 Å². The SMILES string of the molecule is CCn1cc(-c2nc3ccccc3s2)c(=O)c2cc(F)c(N3CCN(C(C)=O)CC3)cc21. The van der Waals surface area contributed by atoms with Crippen LogP contribution < -0.4 is 10.3 Å². The van der Waals surface area contributed by atoms with Gasteiger partial charge in [0.25, 0.3) is 0 Å². The van der Waals surface area contributed by atoms with E-state index in [1.807, 2.05) is 46.9 Å². The summed E-state index contributed by atoms with van der Waals surface area (Å²) in [5.74, 6) is -0.388. The highest BCUT2D eigenvalue weighted by Gasteiger charge is 2.23. The van der Waals surface area contributed by atoms with Crippen molar-refractivity contribution in [3.8, 4) is 10.6 Å². The van der Waals surface area contributed by atoms with Crippen molar-refractivity contribution < 1.29 is 9.18 Å². The average Bonchev–Trinajstić information content (AvgIpc) is 3.23. The van der Waals surface area contributed by atoms with Crippen molar-refractivity contribution in [2.75, 3.05) is 31.1 Å². The Morgan fingerprint density at radius 3 is 2.59 bits per heavy atom. The van der Waals surface area contributed by atoms with Gasteiger partial charge in [0.2, 0.25) is 5.91 Å². The lowest BCUT2D eigenvalue weighted by molar-refractivity contribution is -0.129. The molecule has 2 aromatic carbocycles. The minimum atomic E-state index is -0.421. The standard InChI is InChI=1S/C24H23FN4O2S/c1-3-27-14-17(24-26-19-6-4-5-7-22(19)32-24)23(31)16-12-18(25)21(13-20(16)27)29-10-8-28(9-11-29)15(2)30/h4-7,12-14H,3,8-11H2,1-2H3. The molecule has 0 spiro atoms. The number of benzene rings is 2. The third kappa shape index (κ3) is 3.44. The van der Waals surface area contributed by atoms with Gasteiger partial charge in [-0.3, -0.25) is 9.59 Å². The molecule has 2 aromatic heterocycles. The highest BCUT2D eigenvalue weighted by Crippen LogP contribution is 2.31. The van der Waals surface area contributed by atoms with Crippen LogP contribution in [0.25, 0.3) is 31.7 Å². The first-order chi connectivity index (χ1) is 15.5. The van der Waals surface area contributed by atoms with Gasteiger partial charge in [0, 0.05) is 51.2 Å². The Labute approximate surface area is 188 Å². The van der Waals surface area contributed by atoms with Gasteiger partial charge >= 0.3 is 0 Å². The van der Waals surface area contributed by atoms with Crippen LogP contribution in [0.2, 0.25) is 0 Å². The van der Waals surface area contributed by atoms with Crippen LogP contribution in [0.3, 0.4) is 0 Å². The largest absolute Gasteiger partial charge is 0.366 e. The molecule has 4 aromatic rings. The lowest BCUT2D eigenvalue weighted by Crippen LogP contribution is -2.48. The molecular weight excluding hydrogens is 427 g/mol. The van der Waals surface area contributed by atoms with E-state index in [2.05, 4.69) is 4.98 Å². The molecule has 164 valence electrons. The number of anilines is 1. The lowest BCUT2D eigenvalue weighted by atomic mass is 10.1. The fraction of sp³-hybridized carbons (Fsp3) is 0.292. The van der Waals surface area contributed by atoms with Crippen LogP contribution in [0.1, 0.15) is 13.8 Å². The number of para-hydroxylation sites is 1. The van der Waals surface area contributed by atoms with Gasteiger partial charge in [-0.25, -0.2) is 9.37 Å². The second-order valence-corrected chi connectivity index (χ2v) is 8.99. The molecule has 32 heavy (non-hydrogen) atoms. The number of pyridine rings is 1. The van der Waals surface area contributed by atoms with E-state index in [4.69, 9.17) is 0 Å². The number of piperazine rings is 1. The van der Waals surface area contributed by atoms with E-state index >= 15 is 4.39 Å². The van der Waals surface area contributed by atoms with Gasteiger partial charge in [-0.15, -0.1) is 11.3 Å². The number of nitrogens with zero attached hydrogens (tertiary/aromatic N) is 4. The third-order valence-corrected chi connectivity index (χ3v) is 7.15. The zero-order valence-corrected chi connectivity index (χ0v) is 18.8. The summed E-state index contributed by atoms with van der Waals surface area (Å²) in [7, 11) is 0. The smallest absolute Gasteiger partial charge is 0.219 e. The molecular formula is C24H23FN4O2S. The molecule has 1 saturated heterocycles. The molecule has 6 nitrogen and oxygen atoms in total. The van der Waals surface area contributed by atoms with E-state index < -0.39 is 5.82 Å². The molecule has 0 radical (unpaired) electrons. The molecule has 3 heterocycles. The molecule has 0 saturated carbocycles. The number of halogens is 1. The number of hydrogen-bond donors (Lipinski definition) is 0. The normalized spacial score (nSPS) is 14.5. The summed E-state index contributed by atoms with van der Waals surface area (Å²) in [5, 5.41) is 0.998. The van der Waals surface area contributed by atoms with Crippen molar-refractivity contribution >= 4 is 44.1 Å². The predicted octanol–water partition coefficient (Wildman–Crippen LogP) is 4.11. The number of carbonyl (C=O) groups is 1. The Morgan fingerprint density at radius 2 is 1.91 bits per heavy atom. The Balaban J connectivity index is 1.61. The minimum absolute atomic E-state index is 0.0332. The van der Waals surface area contributed by atoms with Gasteiger partial charge in [0.05, 0.1) is 27.0 Å². The minimum Gasteiger partial charge on any atom is -0.366 e. The highest BCUT2D eigenvalue weighted by atomic mass is 32.1. The maximum atomic E-state index is 15.2. The molecule has 1 aliphatic rings. The average molecular weight is 451 g/mol. The van der Waals surface area contributed by atoms with Gasteiger partial charge in [0.15, 0.2) is 5.43 Å². The number of fused-ring (bicyclic) bond motifs is 2. The number of rotatable bonds is 3. The second-order valence-electron chi connectivity index (χ2n) is 7.96. The summed E-state index contributed by atoms with van der Waals surface area (Å²) in [5.41, 5.74) is 2.29. The maximum Gasteiger partial charge on any atom is 0.219 e. The van der Waals surface area contributed by atoms with E-state index in [0.29, 0.717) is 59.9 Å². The van der Waals surface area contributed by atoms with Crippen molar-refractivity contribution in [1.82, 2.24) is 14.5 Å². The molecule has 8 heteroatoms. The summed E-state index contributed by atoms with van der Waals surface area (Å²) < 4.78 is 18.2. The number of hydrogen-bond acceptors (Lipinski definition) is 5. The molecule has 0 N–H and O–H groups in total. The third-order valence-electron chi connectivity index (χ3n) is 6.08. The molecule has 1 amide bonds. The van der Waals surface area contributed by atoms with Crippen molar-refractivity contribution in [3.63, 3.8) is 0 Å². The first kappa shape index (κ1) is 20.6. The Hall–Kier alpha value is -3.26. The maximum absolute atomic E-state index is 15.2. The Morgan fingerprint density at radius 1 is 1.16 bits per heavy atom. The van der Waals surface area contributed by atoms with Crippen LogP contribution >= 0.6 is 11.3 Å². The van der Waals surface area contributed by atoms with Crippen molar-refractivity contribution in [2.45, 2.75) is 20.4 Å². The predicted molar refractivity (Wildman–Crippen MR) is 127 cm³/mol. The molecule has 1 fully saturated rings. The van der Waals surface area contributed by atoms with Crippen LogP contribution in [-0.4, -0.2) is 46.5 Å². The van der Waals surface area contributed by atoms with E-state index in [0.717, 1.165) is 10.2 Å². The fourth-order valence-electron chi connectivity index (χ4n) is 4.31. The van der Waals surface area contributed by atoms with Gasteiger partial charge in [0.1, 0.15) is 10.8 Å². The molecule has 0 aliphatic carbocycles. The molecule has 0 unspecified atom stereocenters. The number of carbonyl (C=O) groups excluding carboxylic acids is 1. The fourth-order valence-corrected chi connectivity index (χ4v) is 5.28. The number of amides is 1. The number of aryl methyl sites for hydroxylation is 1. The van der Waals surface area contributed by atoms with Crippen LogP contribution in [0.15, 0.2) is 47.4 Å². The summed E-state index contributed by atoms with van der Waals surface area (Å²) in [6.07, 6.45) is 1.83. The van der Waals surface area contributed by atoms with E-state index in [1.54, 1.807) is 17.9 Å². The zero-order chi connectivity index (χ0) is 22.4. The van der Waals surface area contributed by atoms with Gasteiger partial charge in [-0.05, 0) is 31.2 Å². The van der Waals surface area contributed by atoms with Gasteiger partial charge in [-0.1, -0.05) is 12.1 Å². The molecule has 0 bridgehead atoms. The molecule has 0 atom stereocenters. The lowest BCUT2D eigenvalue weighted by Gasteiger charge is -2.36. The first-order valence-electron chi connectivity index (χ1n) is 10.7. The topological polar surface area (TPSA) is 58.4 Å². The van der Waals surface area contributed by atoms with E-state index in [9.17, 15) is 9.59 Å². The van der Waals surface area contributed by atoms with Gasteiger partial charge in [-0.2, -0.15) is 0 Å². The number of aromatic nitrogens is 2. The monoisotopic (exact) mass is 450 g/mol. The Kier molecular flexibility index (Phi) is 5.17. The molecule has 5 rings (SSSR count). The highest BCUT2D eigenvalue weighted by molar-refractivity contribution is 7.21. The van der Waals surface area contributed by atoms with Crippen molar-refractivity contribution in [2.24, 2.45) is 0 Å². The van der Waals surface area contributed by atoms with Crippen LogP contribution in [0, 0.1) is 5.82 Å². The van der Waals surface area contributed by atoms with Crippen LogP contribution in [0.4, 0.5) is 10.1 Å². The zero-order valence-electron chi connectivity index (χ0n) is 18.0. The van der Waals surface area contributed by atoms with Crippen LogP contribution in [0.5, 0.6) is 0 Å². The second kappa shape index (κ2) is 8.02. The summed E-state index contributed by atoms with van der Waals surface area (Å²) in [6.45, 7) is 6.42. The summed E-state index contributed by atoms with van der Waals surface area (Å²) in [6, 6.07) is 10.9. The quantitative estimate of drug-likeness (QED) is 0.472. The van der Waals surface area contributed by atoms with Crippen LogP contribution in [-0.2, 0) is 11.3 Å². The summed E-state index contributed by atoms with van der Waals surface area (Å²) >= 11 is 1.47. The Bertz CT molecular complexity index is 1370. The van der Waals surface area contributed by atoms with E-state index in [-0.39, 0.29) is 11.3 Å². The van der Waals surface area contributed by atoms with Gasteiger partial charge < -0.3 is 14.4 Å². The molecule has 1 aliphatic heterocycles. The number of thiazole rings is 1. The van der Waals surface area contributed by atoms with Crippen molar-refractivity contribution in [3.05, 3.63) is 58.6 Å². The summed E-state index contributed by atoms with van der Waals surface area (Å²) in [4.78, 5) is 33.3. The van der Waals surface area contributed by atoms with Crippen molar-refractivity contribution in [1.29, 1.82) is 0 Å².